The zero-order valence-corrected chi connectivity index (χ0v) is 23.5. The molecule has 1 saturated carbocycles. The van der Waals surface area contributed by atoms with Crippen molar-refractivity contribution in [1.82, 2.24) is 0 Å². The van der Waals surface area contributed by atoms with E-state index in [2.05, 4.69) is 19.9 Å². The Labute approximate surface area is 238 Å². The molecule has 0 amide bonds. The van der Waals surface area contributed by atoms with Gasteiger partial charge in [-0.2, -0.15) is 13.2 Å². The molecule has 5 rings (SSSR count). The van der Waals surface area contributed by atoms with E-state index in [-0.39, 0.29) is 29.5 Å². The molecule has 2 aliphatic rings. The van der Waals surface area contributed by atoms with Crippen LogP contribution >= 0.6 is 0 Å². The molecule has 3 nitrogen and oxygen atoms in total. The van der Waals surface area contributed by atoms with Crippen LogP contribution in [0.5, 0.6) is 5.75 Å². The van der Waals surface area contributed by atoms with E-state index in [0.29, 0.717) is 29.2 Å². The molecule has 216 valence electrons. The number of carbonyl (C=O) groups is 1. The van der Waals surface area contributed by atoms with Crippen molar-refractivity contribution < 1.29 is 31.8 Å². The summed E-state index contributed by atoms with van der Waals surface area (Å²) in [6.07, 6.45) is 1.75. The molecule has 41 heavy (non-hydrogen) atoms. The molecule has 3 aromatic rings. The lowest BCUT2D eigenvalue weighted by Gasteiger charge is -2.26. The summed E-state index contributed by atoms with van der Waals surface area (Å²) in [4.78, 5) is 12.0. The van der Waals surface area contributed by atoms with Crippen LogP contribution in [0.2, 0.25) is 0 Å². The summed E-state index contributed by atoms with van der Waals surface area (Å²) in [5.41, 5.74) is 2.81. The van der Waals surface area contributed by atoms with Gasteiger partial charge in [0.05, 0.1) is 19.1 Å². The van der Waals surface area contributed by atoms with Crippen LogP contribution in [0.3, 0.4) is 0 Å². The van der Waals surface area contributed by atoms with Gasteiger partial charge in [-0.1, -0.05) is 44.2 Å². The molecule has 7 heteroatoms. The second-order valence-corrected chi connectivity index (χ2v) is 11.7. The molecule has 2 aliphatic carbocycles. The fourth-order valence-electron chi connectivity index (χ4n) is 5.83. The number of rotatable bonds is 9. The topological polar surface area (TPSA) is 35.5 Å². The molecule has 3 aromatic carbocycles. The number of hydrogen-bond donors (Lipinski definition) is 0. The molecular formula is C34H34F4O3. The second kappa shape index (κ2) is 11.3. The monoisotopic (exact) mass is 566 g/mol. The zero-order valence-electron chi connectivity index (χ0n) is 23.5. The molecule has 0 unspecified atom stereocenters. The molecule has 0 bridgehead atoms. The third-order valence-corrected chi connectivity index (χ3v) is 8.30. The van der Waals surface area contributed by atoms with Gasteiger partial charge in [0, 0.05) is 5.56 Å². The highest BCUT2D eigenvalue weighted by Gasteiger charge is 2.35. The standard InChI is InChI=1S/C34H34F4O3/c1-33(2)15-5-8-30(33)28-16-21(9-13-26(28)29-18-24(34(36,37)38)12-14-31(29)35)20-41-25-7-4-6-23(17-25)27(22-10-11-22)19-32(39)40-3/h4,6-9,12-14,16-18,22,27H,5,10-11,15,19-20H2,1-3H3/t27-/m1/s1. The van der Waals surface area contributed by atoms with Gasteiger partial charge in [-0.25, -0.2) is 4.39 Å². The van der Waals surface area contributed by atoms with E-state index < -0.39 is 17.6 Å². The fraction of sp³-hybridized carbons (Fsp3) is 0.382. The minimum absolute atomic E-state index is 0.0738. The van der Waals surface area contributed by atoms with Gasteiger partial charge in [0.2, 0.25) is 0 Å². The van der Waals surface area contributed by atoms with Crippen molar-refractivity contribution in [3.8, 4) is 16.9 Å². The van der Waals surface area contributed by atoms with E-state index in [0.717, 1.165) is 60.6 Å². The third kappa shape index (κ3) is 6.50. The van der Waals surface area contributed by atoms with Crippen LogP contribution < -0.4 is 4.74 Å². The first-order valence-electron chi connectivity index (χ1n) is 14.0. The summed E-state index contributed by atoms with van der Waals surface area (Å²) < 4.78 is 66.6. The molecule has 1 fully saturated rings. The van der Waals surface area contributed by atoms with Crippen LogP contribution in [0.4, 0.5) is 17.6 Å². The van der Waals surface area contributed by atoms with Crippen molar-refractivity contribution in [2.45, 2.75) is 64.7 Å². The lowest BCUT2D eigenvalue weighted by atomic mass is 9.79. The quantitative estimate of drug-likeness (QED) is 0.191. The molecule has 0 spiro atoms. The molecule has 0 heterocycles. The predicted molar refractivity (Wildman–Crippen MR) is 151 cm³/mol. The lowest BCUT2D eigenvalue weighted by Crippen LogP contribution is -2.11. The largest absolute Gasteiger partial charge is 0.489 e. The summed E-state index contributed by atoms with van der Waals surface area (Å²) in [7, 11) is 1.40. The summed E-state index contributed by atoms with van der Waals surface area (Å²) in [5, 5.41) is 0. The number of hydrogen-bond acceptors (Lipinski definition) is 3. The highest BCUT2D eigenvalue weighted by molar-refractivity contribution is 5.85. The van der Waals surface area contributed by atoms with Gasteiger partial charge in [-0.3, -0.25) is 4.79 Å². The maximum Gasteiger partial charge on any atom is 0.416 e. The maximum absolute atomic E-state index is 15.0. The van der Waals surface area contributed by atoms with Crippen LogP contribution in [-0.4, -0.2) is 13.1 Å². The summed E-state index contributed by atoms with van der Waals surface area (Å²) in [6, 6.07) is 15.7. The Morgan fingerprint density at radius 2 is 1.78 bits per heavy atom. The number of benzene rings is 3. The Morgan fingerprint density at radius 1 is 1.00 bits per heavy atom. The van der Waals surface area contributed by atoms with E-state index in [1.807, 2.05) is 30.3 Å². The second-order valence-electron chi connectivity index (χ2n) is 11.7. The molecule has 0 radical (unpaired) electrons. The average molecular weight is 567 g/mol. The van der Waals surface area contributed by atoms with Gasteiger partial charge in [0.25, 0.3) is 0 Å². The number of allylic oxidation sites excluding steroid dienone is 2. The SMILES string of the molecule is COC(=O)C[C@@H](c1cccc(OCc2ccc(-c3cc(C(F)(F)F)ccc3F)c(C3=CCCC3(C)C)c2)c1)C1CC1. The fourth-order valence-corrected chi connectivity index (χ4v) is 5.83. The molecule has 0 N–H and O–H groups in total. The van der Waals surface area contributed by atoms with Crippen molar-refractivity contribution in [2.75, 3.05) is 7.11 Å². The summed E-state index contributed by atoms with van der Waals surface area (Å²) in [5.74, 6) is 0.262. The minimum atomic E-state index is -4.58. The molecular weight excluding hydrogens is 532 g/mol. The highest BCUT2D eigenvalue weighted by atomic mass is 19.4. The average Bonchev–Trinajstić information content (AvgIpc) is 3.71. The number of halogens is 4. The third-order valence-electron chi connectivity index (χ3n) is 8.30. The van der Waals surface area contributed by atoms with Gasteiger partial charge in [0.15, 0.2) is 0 Å². The van der Waals surface area contributed by atoms with Crippen molar-refractivity contribution in [3.63, 3.8) is 0 Å². The minimum Gasteiger partial charge on any atom is -0.489 e. The van der Waals surface area contributed by atoms with E-state index in [9.17, 15) is 22.4 Å². The summed E-state index contributed by atoms with van der Waals surface area (Å²) in [6.45, 7) is 4.41. The van der Waals surface area contributed by atoms with Gasteiger partial charge < -0.3 is 9.47 Å². The van der Waals surface area contributed by atoms with E-state index >= 15 is 0 Å². The Kier molecular flexibility index (Phi) is 8.00. The maximum atomic E-state index is 15.0. The summed E-state index contributed by atoms with van der Waals surface area (Å²) >= 11 is 0. The number of carbonyl (C=O) groups excluding carboxylic acids is 1. The van der Waals surface area contributed by atoms with Crippen molar-refractivity contribution >= 4 is 11.5 Å². The normalized spacial score (nSPS) is 17.2. The van der Waals surface area contributed by atoms with Gasteiger partial charge in [-0.15, -0.1) is 0 Å². The van der Waals surface area contributed by atoms with Crippen molar-refractivity contribution in [1.29, 1.82) is 0 Å². The van der Waals surface area contributed by atoms with Gasteiger partial charge in [-0.05, 0) is 107 Å². The van der Waals surface area contributed by atoms with Crippen LogP contribution in [0.15, 0.2) is 66.7 Å². The Balaban J connectivity index is 1.45. The zero-order chi connectivity index (χ0) is 29.4. The Bertz CT molecular complexity index is 1470. The predicted octanol–water partition coefficient (Wildman–Crippen LogP) is 9.35. The van der Waals surface area contributed by atoms with E-state index in [4.69, 9.17) is 9.47 Å². The first kappa shape index (κ1) is 28.9. The van der Waals surface area contributed by atoms with Crippen LogP contribution in [-0.2, 0) is 22.3 Å². The van der Waals surface area contributed by atoms with Crippen molar-refractivity contribution in [3.05, 3.63) is 94.8 Å². The Hall–Kier alpha value is -3.61. The van der Waals surface area contributed by atoms with Gasteiger partial charge in [0.1, 0.15) is 18.2 Å². The van der Waals surface area contributed by atoms with E-state index in [1.54, 1.807) is 12.1 Å². The van der Waals surface area contributed by atoms with Crippen molar-refractivity contribution in [2.24, 2.45) is 11.3 Å². The van der Waals surface area contributed by atoms with Gasteiger partial charge >= 0.3 is 12.1 Å². The lowest BCUT2D eigenvalue weighted by molar-refractivity contribution is -0.141. The number of ether oxygens (including phenoxy) is 2. The Morgan fingerprint density at radius 3 is 2.44 bits per heavy atom. The molecule has 0 aromatic heterocycles. The van der Waals surface area contributed by atoms with E-state index in [1.165, 1.54) is 7.11 Å². The van der Waals surface area contributed by atoms with Crippen LogP contribution in [0, 0.1) is 17.2 Å². The first-order valence-corrected chi connectivity index (χ1v) is 14.0. The first-order chi connectivity index (χ1) is 19.5. The van der Waals surface area contributed by atoms with Crippen LogP contribution in [0.25, 0.3) is 16.7 Å². The smallest absolute Gasteiger partial charge is 0.416 e. The molecule has 0 saturated heterocycles. The molecule has 1 atom stereocenters. The van der Waals surface area contributed by atoms with Crippen LogP contribution in [0.1, 0.15) is 74.1 Å². The highest BCUT2D eigenvalue weighted by Crippen LogP contribution is 2.48. The number of esters is 1. The number of methoxy groups -OCH3 is 1. The molecule has 0 aliphatic heterocycles. The number of alkyl halides is 3.